The van der Waals surface area contributed by atoms with Gasteiger partial charge in [0, 0.05) is 18.8 Å². The summed E-state index contributed by atoms with van der Waals surface area (Å²) in [6.45, 7) is 1.26. The van der Waals surface area contributed by atoms with E-state index in [0.717, 1.165) is 16.8 Å². The van der Waals surface area contributed by atoms with Gasteiger partial charge in [0.2, 0.25) is 6.79 Å². The maximum atomic E-state index is 12.2. The zero-order valence-electron chi connectivity index (χ0n) is 15.6. The van der Waals surface area contributed by atoms with Crippen LogP contribution in [0, 0.1) is 0 Å². The molecule has 148 valence electrons. The molecule has 29 heavy (non-hydrogen) atoms. The highest BCUT2D eigenvalue weighted by atomic mass is 35.5. The molecule has 6 nitrogen and oxygen atoms in total. The fourth-order valence-corrected chi connectivity index (χ4v) is 3.19. The first kappa shape index (κ1) is 19.0. The number of carbonyl (C=O) groups is 1. The monoisotopic (exact) mass is 409 g/mol. The molecule has 0 atom stereocenters. The van der Waals surface area contributed by atoms with Crippen molar-refractivity contribution < 1.29 is 14.3 Å². The van der Waals surface area contributed by atoms with Crippen LogP contribution in [0.4, 0.5) is 16.2 Å². The van der Waals surface area contributed by atoms with Crippen molar-refractivity contribution in [1.29, 1.82) is 0 Å². The van der Waals surface area contributed by atoms with Crippen LogP contribution in [-0.2, 0) is 13.1 Å². The van der Waals surface area contributed by atoms with Gasteiger partial charge in [-0.1, -0.05) is 48.0 Å². The second-order valence-corrected chi connectivity index (χ2v) is 6.94. The van der Waals surface area contributed by atoms with Crippen LogP contribution >= 0.6 is 11.6 Å². The van der Waals surface area contributed by atoms with E-state index in [1.807, 2.05) is 54.6 Å². The number of carbonyl (C=O) groups excluding carboxylic acids is 1. The standard InChI is InChI=1S/C22H20ClN3O3/c23-18-11-17(7-8-19(18)24-12-15-4-2-1-3-5-15)26-22(27)25-13-16-6-9-20-21(10-16)29-14-28-20/h1-11,24H,12-14H2,(H2,25,26,27). The molecule has 2 amide bonds. The summed E-state index contributed by atoms with van der Waals surface area (Å²) in [5.41, 5.74) is 3.50. The van der Waals surface area contributed by atoms with Gasteiger partial charge < -0.3 is 25.4 Å². The summed E-state index contributed by atoms with van der Waals surface area (Å²) in [5, 5.41) is 9.43. The summed E-state index contributed by atoms with van der Waals surface area (Å²) in [6, 6.07) is 20.7. The third-order valence-corrected chi connectivity index (χ3v) is 4.76. The van der Waals surface area contributed by atoms with E-state index in [1.54, 1.807) is 12.1 Å². The van der Waals surface area contributed by atoms with Gasteiger partial charge in [0.05, 0.1) is 10.7 Å². The van der Waals surface area contributed by atoms with Crippen molar-refractivity contribution in [3.05, 3.63) is 82.9 Å². The third kappa shape index (κ3) is 4.92. The lowest BCUT2D eigenvalue weighted by atomic mass is 10.2. The van der Waals surface area contributed by atoms with E-state index in [2.05, 4.69) is 16.0 Å². The molecule has 0 saturated heterocycles. The van der Waals surface area contributed by atoms with Crippen LogP contribution < -0.4 is 25.4 Å². The van der Waals surface area contributed by atoms with Gasteiger partial charge in [-0.05, 0) is 41.5 Å². The molecule has 0 aliphatic carbocycles. The van der Waals surface area contributed by atoms with Gasteiger partial charge in [-0.3, -0.25) is 0 Å². The van der Waals surface area contributed by atoms with Crippen LogP contribution in [0.5, 0.6) is 11.5 Å². The molecule has 0 unspecified atom stereocenters. The third-order valence-electron chi connectivity index (χ3n) is 4.44. The quantitative estimate of drug-likeness (QED) is 0.535. The lowest BCUT2D eigenvalue weighted by Gasteiger charge is -2.12. The Morgan fingerprint density at radius 3 is 2.55 bits per heavy atom. The predicted octanol–water partition coefficient (Wildman–Crippen LogP) is 5.00. The molecule has 1 aliphatic rings. The smallest absolute Gasteiger partial charge is 0.319 e. The molecule has 3 N–H and O–H groups in total. The molecular formula is C22H20ClN3O3. The fraction of sp³-hybridized carbons (Fsp3) is 0.136. The number of nitrogens with one attached hydrogen (secondary N) is 3. The average molecular weight is 410 g/mol. The summed E-state index contributed by atoms with van der Waals surface area (Å²) in [7, 11) is 0. The highest BCUT2D eigenvalue weighted by Gasteiger charge is 2.13. The fourth-order valence-electron chi connectivity index (χ4n) is 2.94. The van der Waals surface area contributed by atoms with Gasteiger partial charge in [-0.15, -0.1) is 0 Å². The first-order valence-corrected chi connectivity index (χ1v) is 9.56. The summed E-state index contributed by atoms with van der Waals surface area (Å²) in [6.07, 6.45) is 0. The van der Waals surface area contributed by atoms with Crippen LogP contribution in [0.25, 0.3) is 0 Å². The number of rotatable bonds is 6. The van der Waals surface area contributed by atoms with E-state index in [1.165, 1.54) is 0 Å². The Bertz CT molecular complexity index is 1010. The van der Waals surface area contributed by atoms with Crippen molar-refractivity contribution in [1.82, 2.24) is 5.32 Å². The second kappa shape index (κ2) is 8.75. The molecule has 1 aliphatic heterocycles. The maximum absolute atomic E-state index is 12.2. The van der Waals surface area contributed by atoms with Crippen LogP contribution in [0.15, 0.2) is 66.7 Å². The molecule has 3 aromatic rings. The Labute approximate surface area is 173 Å². The van der Waals surface area contributed by atoms with Crippen LogP contribution in [0.3, 0.4) is 0 Å². The molecule has 1 heterocycles. The van der Waals surface area contributed by atoms with Gasteiger partial charge in [0.25, 0.3) is 0 Å². The predicted molar refractivity (Wildman–Crippen MR) is 114 cm³/mol. The second-order valence-electron chi connectivity index (χ2n) is 6.53. The van der Waals surface area contributed by atoms with Crippen molar-refractivity contribution in [2.24, 2.45) is 0 Å². The molecule has 0 spiro atoms. The van der Waals surface area contributed by atoms with Gasteiger partial charge in [0.15, 0.2) is 11.5 Å². The molecule has 0 aromatic heterocycles. The van der Waals surface area contributed by atoms with Crippen LogP contribution in [0.1, 0.15) is 11.1 Å². The molecule has 3 aromatic carbocycles. The normalized spacial score (nSPS) is 11.8. The number of anilines is 2. The van der Waals surface area contributed by atoms with Crippen molar-refractivity contribution in [3.8, 4) is 11.5 Å². The summed E-state index contributed by atoms with van der Waals surface area (Å²) in [4.78, 5) is 12.2. The number of urea groups is 1. The first-order valence-electron chi connectivity index (χ1n) is 9.18. The van der Waals surface area contributed by atoms with Gasteiger partial charge in [-0.2, -0.15) is 0 Å². The zero-order chi connectivity index (χ0) is 20.1. The van der Waals surface area contributed by atoms with Gasteiger partial charge >= 0.3 is 6.03 Å². The Kier molecular flexibility index (Phi) is 5.72. The number of halogens is 1. The number of hydrogen-bond acceptors (Lipinski definition) is 4. The Morgan fingerprint density at radius 2 is 1.72 bits per heavy atom. The van der Waals surface area contributed by atoms with E-state index in [-0.39, 0.29) is 12.8 Å². The molecule has 7 heteroatoms. The van der Waals surface area contributed by atoms with Crippen molar-refractivity contribution in [2.45, 2.75) is 13.1 Å². The lowest BCUT2D eigenvalue weighted by Crippen LogP contribution is -2.28. The average Bonchev–Trinajstić information content (AvgIpc) is 3.20. The number of fused-ring (bicyclic) bond motifs is 1. The van der Waals surface area contributed by atoms with Gasteiger partial charge in [-0.25, -0.2) is 4.79 Å². The van der Waals surface area contributed by atoms with Gasteiger partial charge in [0.1, 0.15) is 0 Å². The van der Waals surface area contributed by atoms with Crippen molar-refractivity contribution >= 4 is 29.0 Å². The van der Waals surface area contributed by atoms with E-state index in [4.69, 9.17) is 21.1 Å². The number of hydrogen-bond donors (Lipinski definition) is 3. The minimum absolute atomic E-state index is 0.226. The molecule has 0 fully saturated rings. The molecule has 0 saturated carbocycles. The first-order chi connectivity index (χ1) is 14.2. The number of amides is 2. The highest BCUT2D eigenvalue weighted by Crippen LogP contribution is 2.32. The summed E-state index contributed by atoms with van der Waals surface area (Å²) >= 11 is 6.35. The molecule has 0 radical (unpaired) electrons. The maximum Gasteiger partial charge on any atom is 0.319 e. The van der Waals surface area contributed by atoms with Crippen LogP contribution in [0.2, 0.25) is 5.02 Å². The zero-order valence-corrected chi connectivity index (χ0v) is 16.3. The highest BCUT2D eigenvalue weighted by molar-refractivity contribution is 6.33. The summed E-state index contributed by atoms with van der Waals surface area (Å²) in [5.74, 6) is 1.41. The Balaban J connectivity index is 1.29. The molecular weight excluding hydrogens is 390 g/mol. The largest absolute Gasteiger partial charge is 0.454 e. The van der Waals surface area contributed by atoms with Crippen LogP contribution in [-0.4, -0.2) is 12.8 Å². The number of benzene rings is 3. The molecule has 0 bridgehead atoms. The Hall–Kier alpha value is -3.38. The minimum atomic E-state index is -0.316. The minimum Gasteiger partial charge on any atom is -0.454 e. The van der Waals surface area contributed by atoms with E-state index >= 15 is 0 Å². The molecule has 4 rings (SSSR count). The number of ether oxygens (including phenoxy) is 2. The van der Waals surface area contributed by atoms with Crippen molar-refractivity contribution in [2.75, 3.05) is 17.4 Å². The topological polar surface area (TPSA) is 71.6 Å². The SMILES string of the molecule is O=C(NCc1ccc2c(c1)OCO2)Nc1ccc(NCc2ccccc2)c(Cl)c1. The Morgan fingerprint density at radius 1 is 0.897 bits per heavy atom. The van der Waals surface area contributed by atoms with E-state index < -0.39 is 0 Å². The van der Waals surface area contributed by atoms with E-state index in [0.29, 0.717) is 35.3 Å². The summed E-state index contributed by atoms with van der Waals surface area (Å²) < 4.78 is 10.6. The van der Waals surface area contributed by atoms with E-state index in [9.17, 15) is 4.79 Å². The lowest BCUT2D eigenvalue weighted by molar-refractivity contribution is 0.174. The van der Waals surface area contributed by atoms with Crippen molar-refractivity contribution in [3.63, 3.8) is 0 Å².